The summed E-state index contributed by atoms with van der Waals surface area (Å²) in [6, 6.07) is 12.4. The molecule has 2 aromatic carbocycles. The first-order valence-electron chi connectivity index (χ1n) is 9.72. The number of amides is 2. The number of nitrogens with zero attached hydrogens (tertiary/aromatic N) is 3. The minimum atomic E-state index is -0.475. The topological polar surface area (TPSA) is 107 Å². The standard InChI is InChI=1S/C22H22N4O5/c1-13-23-21(25-31-13)14-5-4-6-17(9-14)26-12-15(10-20(26)27)22(28)24-16-7-8-18(29-2)19(11-16)30-3/h4-9,11,15H,10,12H2,1-3H3,(H,24,28)/t15-/m1/s1. The molecule has 160 valence electrons. The highest BCUT2D eigenvalue weighted by atomic mass is 16.5. The first-order valence-corrected chi connectivity index (χ1v) is 9.72. The number of nitrogens with one attached hydrogen (secondary N) is 1. The normalized spacial score (nSPS) is 15.8. The van der Waals surface area contributed by atoms with Gasteiger partial charge in [0, 0.05) is 42.9 Å². The lowest BCUT2D eigenvalue weighted by molar-refractivity contribution is -0.122. The first-order chi connectivity index (χ1) is 15.0. The Bertz CT molecular complexity index is 1130. The van der Waals surface area contributed by atoms with E-state index in [0.717, 1.165) is 5.56 Å². The van der Waals surface area contributed by atoms with Crippen LogP contribution in [0.25, 0.3) is 11.4 Å². The lowest BCUT2D eigenvalue weighted by Crippen LogP contribution is -2.28. The Balaban J connectivity index is 1.48. The van der Waals surface area contributed by atoms with Gasteiger partial charge in [-0.25, -0.2) is 0 Å². The molecule has 1 aliphatic heterocycles. The van der Waals surface area contributed by atoms with Gasteiger partial charge >= 0.3 is 0 Å². The first kappa shape index (κ1) is 20.4. The van der Waals surface area contributed by atoms with E-state index >= 15 is 0 Å². The van der Waals surface area contributed by atoms with Gasteiger partial charge in [0.25, 0.3) is 0 Å². The summed E-state index contributed by atoms with van der Waals surface area (Å²) in [7, 11) is 3.07. The van der Waals surface area contributed by atoms with Crippen LogP contribution in [-0.2, 0) is 9.59 Å². The van der Waals surface area contributed by atoms with Gasteiger partial charge in [0.2, 0.25) is 23.5 Å². The Hall–Kier alpha value is -3.88. The van der Waals surface area contributed by atoms with E-state index in [1.807, 2.05) is 24.3 Å². The third kappa shape index (κ3) is 4.20. The highest BCUT2D eigenvalue weighted by Gasteiger charge is 2.35. The SMILES string of the molecule is COc1ccc(NC(=O)[C@@H]2CC(=O)N(c3cccc(-c4noc(C)n4)c3)C2)cc1OC. The summed E-state index contributed by atoms with van der Waals surface area (Å²) in [6.45, 7) is 2.00. The quantitative estimate of drug-likeness (QED) is 0.651. The Morgan fingerprint density at radius 2 is 1.97 bits per heavy atom. The van der Waals surface area contributed by atoms with Crippen molar-refractivity contribution < 1.29 is 23.6 Å². The second-order valence-electron chi connectivity index (χ2n) is 7.15. The second kappa shape index (κ2) is 8.47. The van der Waals surface area contributed by atoms with Gasteiger partial charge in [0.05, 0.1) is 20.1 Å². The zero-order valence-corrected chi connectivity index (χ0v) is 17.4. The molecular weight excluding hydrogens is 400 g/mol. The maximum Gasteiger partial charge on any atom is 0.229 e. The molecule has 31 heavy (non-hydrogen) atoms. The zero-order chi connectivity index (χ0) is 22.0. The minimum absolute atomic E-state index is 0.117. The van der Waals surface area contributed by atoms with Crippen LogP contribution in [0.3, 0.4) is 0 Å². The second-order valence-corrected chi connectivity index (χ2v) is 7.15. The molecule has 0 aliphatic carbocycles. The largest absolute Gasteiger partial charge is 0.493 e. The van der Waals surface area contributed by atoms with Gasteiger partial charge in [0.15, 0.2) is 11.5 Å². The fourth-order valence-corrected chi connectivity index (χ4v) is 3.52. The Morgan fingerprint density at radius 1 is 1.16 bits per heavy atom. The molecule has 0 bridgehead atoms. The van der Waals surface area contributed by atoms with Gasteiger partial charge in [-0.05, 0) is 24.3 Å². The van der Waals surface area contributed by atoms with Gasteiger partial charge < -0.3 is 24.2 Å². The predicted molar refractivity (Wildman–Crippen MR) is 113 cm³/mol. The van der Waals surface area contributed by atoms with Crippen LogP contribution in [0.5, 0.6) is 11.5 Å². The smallest absolute Gasteiger partial charge is 0.229 e. The molecule has 1 fully saturated rings. The van der Waals surface area contributed by atoms with Crippen molar-refractivity contribution in [3.8, 4) is 22.9 Å². The van der Waals surface area contributed by atoms with Crippen molar-refractivity contribution in [2.45, 2.75) is 13.3 Å². The van der Waals surface area contributed by atoms with E-state index in [-0.39, 0.29) is 24.8 Å². The Kier molecular flexibility index (Phi) is 5.57. The van der Waals surface area contributed by atoms with Crippen LogP contribution >= 0.6 is 0 Å². The van der Waals surface area contributed by atoms with E-state index in [4.69, 9.17) is 14.0 Å². The maximum atomic E-state index is 12.8. The molecule has 9 heteroatoms. The molecule has 4 rings (SSSR count). The number of carbonyl (C=O) groups is 2. The van der Waals surface area contributed by atoms with Crippen molar-refractivity contribution in [3.05, 3.63) is 48.4 Å². The van der Waals surface area contributed by atoms with Crippen LogP contribution in [-0.4, -0.2) is 42.7 Å². The number of aromatic nitrogens is 2. The minimum Gasteiger partial charge on any atom is -0.493 e. The summed E-state index contributed by atoms with van der Waals surface area (Å²) in [4.78, 5) is 31.3. The van der Waals surface area contributed by atoms with Crippen molar-refractivity contribution >= 4 is 23.2 Å². The lowest BCUT2D eigenvalue weighted by atomic mass is 10.1. The molecule has 0 saturated carbocycles. The molecule has 9 nitrogen and oxygen atoms in total. The van der Waals surface area contributed by atoms with E-state index in [1.165, 1.54) is 7.11 Å². The van der Waals surface area contributed by atoms with Gasteiger partial charge in [-0.15, -0.1) is 0 Å². The molecule has 0 spiro atoms. The molecule has 1 saturated heterocycles. The number of hydrogen-bond donors (Lipinski definition) is 1. The van der Waals surface area contributed by atoms with Gasteiger partial charge in [-0.2, -0.15) is 4.98 Å². The third-order valence-corrected chi connectivity index (χ3v) is 5.09. The number of benzene rings is 2. The van der Waals surface area contributed by atoms with E-state index in [0.29, 0.717) is 34.6 Å². The molecular formula is C22H22N4O5. The fourth-order valence-electron chi connectivity index (χ4n) is 3.52. The Morgan fingerprint density at radius 3 is 2.68 bits per heavy atom. The molecule has 0 unspecified atom stereocenters. The number of rotatable bonds is 6. The average Bonchev–Trinajstić information content (AvgIpc) is 3.39. The van der Waals surface area contributed by atoms with Crippen molar-refractivity contribution in [2.24, 2.45) is 5.92 Å². The van der Waals surface area contributed by atoms with Crippen molar-refractivity contribution in [3.63, 3.8) is 0 Å². The number of carbonyl (C=O) groups excluding carboxylic acids is 2. The summed E-state index contributed by atoms with van der Waals surface area (Å²) in [5.74, 6) is 1.18. The number of aryl methyl sites for hydroxylation is 1. The average molecular weight is 422 g/mol. The number of hydrogen-bond acceptors (Lipinski definition) is 7. The molecule has 1 N–H and O–H groups in total. The van der Waals surface area contributed by atoms with Crippen molar-refractivity contribution in [2.75, 3.05) is 31.0 Å². The van der Waals surface area contributed by atoms with Crippen LogP contribution in [0.15, 0.2) is 47.0 Å². The number of methoxy groups -OCH3 is 2. The van der Waals surface area contributed by atoms with E-state index in [2.05, 4.69) is 15.5 Å². The van der Waals surface area contributed by atoms with Crippen LogP contribution in [0.1, 0.15) is 12.3 Å². The molecule has 3 aromatic rings. The highest BCUT2D eigenvalue weighted by molar-refractivity contribution is 6.03. The van der Waals surface area contributed by atoms with Gasteiger partial charge in [-0.1, -0.05) is 17.3 Å². The van der Waals surface area contributed by atoms with Crippen LogP contribution < -0.4 is 19.7 Å². The summed E-state index contributed by atoms with van der Waals surface area (Å²) in [6.07, 6.45) is 0.130. The molecule has 1 atom stereocenters. The molecule has 0 radical (unpaired) electrons. The summed E-state index contributed by atoms with van der Waals surface area (Å²) >= 11 is 0. The Labute approximate surface area is 179 Å². The summed E-state index contributed by atoms with van der Waals surface area (Å²) in [5, 5.41) is 6.77. The summed E-state index contributed by atoms with van der Waals surface area (Å²) in [5.41, 5.74) is 2.00. The van der Waals surface area contributed by atoms with Crippen LogP contribution in [0.2, 0.25) is 0 Å². The van der Waals surface area contributed by atoms with E-state index in [1.54, 1.807) is 37.1 Å². The molecule has 2 amide bonds. The van der Waals surface area contributed by atoms with E-state index < -0.39 is 5.92 Å². The zero-order valence-electron chi connectivity index (χ0n) is 17.4. The monoisotopic (exact) mass is 422 g/mol. The molecule has 2 heterocycles. The third-order valence-electron chi connectivity index (χ3n) is 5.09. The maximum absolute atomic E-state index is 12.8. The van der Waals surface area contributed by atoms with Crippen LogP contribution in [0, 0.1) is 12.8 Å². The fraction of sp³-hybridized carbons (Fsp3) is 0.273. The van der Waals surface area contributed by atoms with Crippen molar-refractivity contribution in [1.82, 2.24) is 10.1 Å². The molecule has 1 aromatic heterocycles. The predicted octanol–water partition coefficient (Wildman–Crippen LogP) is 3.05. The number of anilines is 2. The van der Waals surface area contributed by atoms with Gasteiger partial charge in [-0.3, -0.25) is 9.59 Å². The molecule has 1 aliphatic rings. The number of ether oxygens (including phenoxy) is 2. The highest BCUT2D eigenvalue weighted by Crippen LogP contribution is 2.32. The van der Waals surface area contributed by atoms with Crippen LogP contribution in [0.4, 0.5) is 11.4 Å². The van der Waals surface area contributed by atoms with Crippen molar-refractivity contribution in [1.29, 1.82) is 0 Å². The lowest BCUT2D eigenvalue weighted by Gasteiger charge is -2.17. The van der Waals surface area contributed by atoms with E-state index in [9.17, 15) is 9.59 Å². The van der Waals surface area contributed by atoms with Gasteiger partial charge in [0.1, 0.15) is 0 Å². The summed E-state index contributed by atoms with van der Waals surface area (Å²) < 4.78 is 15.5.